The van der Waals surface area contributed by atoms with Crippen LogP contribution in [-0.4, -0.2) is 29.1 Å². The molecule has 124 valence electrons. The third-order valence-corrected chi connectivity index (χ3v) is 4.39. The molecule has 1 fully saturated rings. The summed E-state index contributed by atoms with van der Waals surface area (Å²) in [7, 11) is 0. The predicted octanol–water partition coefficient (Wildman–Crippen LogP) is 2.14. The van der Waals surface area contributed by atoms with Crippen molar-refractivity contribution >= 4 is 23.2 Å². The molecule has 2 heterocycles. The number of nitrogens with zero attached hydrogens (tertiary/aromatic N) is 4. The summed E-state index contributed by atoms with van der Waals surface area (Å²) in [6.07, 6.45) is 0.642. The Morgan fingerprint density at radius 2 is 2.33 bits per heavy atom. The van der Waals surface area contributed by atoms with Gasteiger partial charge in [0, 0.05) is 32.6 Å². The lowest BCUT2D eigenvalue weighted by Gasteiger charge is -2.27. The first-order chi connectivity index (χ1) is 11.4. The summed E-state index contributed by atoms with van der Waals surface area (Å²) in [5.74, 6) is 0.768. The molecule has 8 heteroatoms. The van der Waals surface area contributed by atoms with E-state index in [0.717, 1.165) is 5.69 Å². The summed E-state index contributed by atoms with van der Waals surface area (Å²) >= 11 is 6.13. The van der Waals surface area contributed by atoms with Gasteiger partial charge in [-0.25, -0.2) is 0 Å². The average Bonchev–Trinajstić information content (AvgIpc) is 3.14. The summed E-state index contributed by atoms with van der Waals surface area (Å²) in [5, 5.41) is 16.4. The van der Waals surface area contributed by atoms with Crippen LogP contribution in [0.3, 0.4) is 0 Å². The van der Waals surface area contributed by atoms with E-state index >= 15 is 0 Å². The van der Waals surface area contributed by atoms with Crippen LogP contribution in [0.25, 0.3) is 0 Å². The van der Waals surface area contributed by atoms with Crippen LogP contribution in [-0.2, 0) is 10.3 Å². The molecule has 0 spiro atoms. The van der Waals surface area contributed by atoms with Gasteiger partial charge in [0.2, 0.25) is 11.8 Å². The fourth-order valence-corrected chi connectivity index (χ4v) is 3.21. The Bertz CT molecular complexity index is 828. The first kappa shape index (κ1) is 16.3. The second kappa shape index (κ2) is 6.13. The van der Waals surface area contributed by atoms with Crippen LogP contribution in [0.15, 0.2) is 22.7 Å². The van der Waals surface area contributed by atoms with Crippen molar-refractivity contribution in [3.8, 4) is 6.07 Å². The second-order valence-corrected chi connectivity index (χ2v) is 6.26. The summed E-state index contributed by atoms with van der Waals surface area (Å²) < 4.78 is 5.09. The standard InChI is InChI=1S/C16H16ClN5O2/c1-10(23)20-16(15-19-11(2)24-21-15)5-6-22(9-16)13-4-3-12(8-18)14(17)7-13/h3-4,7H,5-6,9H2,1-2H3,(H,20,23)/t16-/m1/s1. The lowest BCUT2D eigenvalue weighted by molar-refractivity contribution is -0.120. The summed E-state index contributed by atoms with van der Waals surface area (Å²) in [5.41, 5.74) is 0.609. The first-order valence-electron chi connectivity index (χ1n) is 7.48. The maximum Gasteiger partial charge on any atom is 0.223 e. The number of halogens is 1. The largest absolute Gasteiger partial charge is 0.369 e. The molecule has 0 radical (unpaired) electrons. The number of hydrogen-bond donors (Lipinski definition) is 1. The number of nitrogens with one attached hydrogen (secondary N) is 1. The molecule has 1 amide bonds. The molecule has 0 unspecified atom stereocenters. The highest BCUT2D eigenvalue weighted by atomic mass is 35.5. The number of aryl methyl sites for hydroxylation is 1. The van der Waals surface area contributed by atoms with Crippen LogP contribution in [0.5, 0.6) is 0 Å². The number of carbonyl (C=O) groups excluding carboxylic acids is 1. The minimum Gasteiger partial charge on any atom is -0.369 e. The van der Waals surface area contributed by atoms with Gasteiger partial charge in [0.05, 0.1) is 10.6 Å². The number of carbonyl (C=O) groups is 1. The van der Waals surface area contributed by atoms with Crippen molar-refractivity contribution in [1.82, 2.24) is 15.5 Å². The summed E-state index contributed by atoms with van der Waals surface area (Å²) in [4.78, 5) is 18.1. The van der Waals surface area contributed by atoms with E-state index in [-0.39, 0.29) is 5.91 Å². The Hall–Kier alpha value is -2.59. The SMILES string of the molecule is CC(=O)N[C@]1(c2noc(C)n2)CCN(c2ccc(C#N)c(Cl)c2)C1. The van der Waals surface area contributed by atoms with Crippen LogP contribution in [0.2, 0.25) is 5.02 Å². The Morgan fingerprint density at radius 1 is 1.54 bits per heavy atom. The molecule has 1 aliphatic rings. The number of amides is 1. The van der Waals surface area contributed by atoms with Crippen molar-refractivity contribution in [2.75, 3.05) is 18.0 Å². The molecule has 3 rings (SSSR count). The van der Waals surface area contributed by atoms with E-state index in [2.05, 4.69) is 20.4 Å². The molecule has 1 N–H and O–H groups in total. The molecule has 0 aliphatic carbocycles. The number of benzene rings is 1. The first-order valence-corrected chi connectivity index (χ1v) is 7.85. The zero-order valence-corrected chi connectivity index (χ0v) is 14.1. The summed E-state index contributed by atoms with van der Waals surface area (Å²) in [6.45, 7) is 4.37. The molecular weight excluding hydrogens is 330 g/mol. The van der Waals surface area contributed by atoms with E-state index in [0.29, 0.717) is 41.8 Å². The van der Waals surface area contributed by atoms with E-state index in [1.165, 1.54) is 6.92 Å². The van der Waals surface area contributed by atoms with Gasteiger partial charge in [0.25, 0.3) is 0 Å². The Labute approximate surface area is 144 Å². The summed E-state index contributed by atoms with van der Waals surface area (Å²) in [6, 6.07) is 7.33. The quantitative estimate of drug-likeness (QED) is 0.915. The maximum atomic E-state index is 11.7. The monoisotopic (exact) mass is 345 g/mol. The van der Waals surface area contributed by atoms with E-state index in [9.17, 15) is 4.79 Å². The number of anilines is 1. The van der Waals surface area contributed by atoms with Crippen molar-refractivity contribution in [3.05, 3.63) is 40.5 Å². The van der Waals surface area contributed by atoms with Crippen LogP contribution >= 0.6 is 11.6 Å². The van der Waals surface area contributed by atoms with E-state index in [1.54, 1.807) is 19.1 Å². The Balaban J connectivity index is 1.91. The molecule has 1 aromatic heterocycles. The fraction of sp³-hybridized carbons (Fsp3) is 0.375. The molecule has 0 saturated carbocycles. The van der Waals surface area contributed by atoms with Gasteiger partial charge in [-0.05, 0) is 24.6 Å². The molecule has 0 bridgehead atoms. The zero-order valence-electron chi connectivity index (χ0n) is 13.3. The van der Waals surface area contributed by atoms with Crippen molar-refractivity contribution in [2.45, 2.75) is 25.8 Å². The molecule has 2 aromatic rings. The molecule has 24 heavy (non-hydrogen) atoms. The van der Waals surface area contributed by atoms with E-state index in [4.69, 9.17) is 21.4 Å². The van der Waals surface area contributed by atoms with Crippen molar-refractivity contribution in [1.29, 1.82) is 5.26 Å². The van der Waals surface area contributed by atoms with Crippen LogP contribution < -0.4 is 10.2 Å². The van der Waals surface area contributed by atoms with Gasteiger partial charge in [0.15, 0.2) is 5.82 Å². The topological polar surface area (TPSA) is 95.1 Å². The van der Waals surface area contributed by atoms with Crippen molar-refractivity contribution < 1.29 is 9.32 Å². The Morgan fingerprint density at radius 3 is 2.92 bits per heavy atom. The fourth-order valence-electron chi connectivity index (χ4n) is 2.99. The number of nitriles is 1. The molecule has 1 aliphatic heterocycles. The van der Waals surface area contributed by atoms with Crippen molar-refractivity contribution in [2.24, 2.45) is 0 Å². The number of aromatic nitrogens is 2. The van der Waals surface area contributed by atoms with Gasteiger partial charge in [-0.3, -0.25) is 4.79 Å². The van der Waals surface area contributed by atoms with Gasteiger partial charge >= 0.3 is 0 Å². The average molecular weight is 346 g/mol. The highest BCUT2D eigenvalue weighted by Gasteiger charge is 2.44. The van der Waals surface area contributed by atoms with Gasteiger partial charge in [-0.1, -0.05) is 16.8 Å². The zero-order chi connectivity index (χ0) is 17.3. The molecule has 1 saturated heterocycles. The maximum absolute atomic E-state index is 11.7. The van der Waals surface area contributed by atoms with E-state index in [1.807, 2.05) is 12.1 Å². The Kier molecular flexibility index (Phi) is 4.16. The van der Waals surface area contributed by atoms with Crippen molar-refractivity contribution in [3.63, 3.8) is 0 Å². The third kappa shape index (κ3) is 2.93. The lowest BCUT2D eigenvalue weighted by Crippen LogP contribution is -2.48. The molecule has 1 atom stereocenters. The highest BCUT2D eigenvalue weighted by molar-refractivity contribution is 6.32. The molecular formula is C16H16ClN5O2. The van der Waals surface area contributed by atoms with Gasteiger partial charge in [-0.15, -0.1) is 0 Å². The minimum atomic E-state index is -0.704. The predicted molar refractivity (Wildman–Crippen MR) is 87.5 cm³/mol. The van der Waals surface area contributed by atoms with Crippen LogP contribution in [0.1, 0.15) is 30.6 Å². The number of rotatable bonds is 3. The highest BCUT2D eigenvalue weighted by Crippen LogP contribution is 2.34. The number of hydrogen-bond acceptors (Lipinski definition) is 6. The molecule has 7 nitrogen and oxygen atoms in total. The minimum absolute atomic E-state index is 0.155. The van der Waals surface area contributed by atoms with Crippen LogP contribution in [0.4, 0.5) is 5.69 Å². The smallest absolute Gasteiger partial charge is 0.223 e. The normalized spacial score (nSPS) is 20.0. The molecule has 1 aromatic carbocycles. The van der Waals surface area contributed by atoms with Crippen LogP contribution in [0, 0.1) is 18.3 Å². The van der Waals surface area contributed by atoms with E-state index < -0.39 is 5.54 Å². The second-order valence-electron chi connectivity index (χ2n) is 5.85. The van der Waals surface area contributed by atoms with Gasteiger partial charge in [-0.2, -0.15) is 10.2 Å². The van der Waals surface area contributed by atoms with Gasteiger partial charge in [0.1, 0.15) is 11.6 Å². The third-order valence-electron chi connectivity index (χ3n) is 4.08. The lowest BCUT2D eigenvalue weighted by atomic mass is 9.97. The van der Waals surface area contributed by atoms with Gasteiger partial charge < -0.3 is 14.7 Å².